The molecule has 4 heteroatoms. The summed E-state index contributed by atoms with van der Waals surface area (Å²) < 4.78 is 0. The molecule has 1 fully saturated rings. The number of nitrogens with one attached hydrogen (secondary N) is 1. The number of carbonyl (C=O) groups is 3. The molecule has 1 N–H and O–H groups in total. The number of benzene rings is 2. The Morgan fingerprint density at radius 1 is 0.885 bits per heavy atom. The second kappa shape index (κ2) is 6.52. The molecule has 0 aromatic heterocycles. The van der Waals surface area contributed by atoms with E-state index in [-0.39, 0.29) is 23.5 Å². The zero-order chi connectivity index (χ0) is 18.3. The molecule has 26 heavy (non-hydrogen) atoms. The molecular formula is C22H21NO3. The third-order valence-electron chi connectivity index (χ3n) is 5.62. The van der Waals surface area contributed by atoms with Gasteiger partial charge in [0.2, 0.25) is 0 Å². The van der Waals surface area contributed by atoms with Crippen molar-refractivity contribution in [3.63, 3.8) is 0 Å². The minimum absolute atomic E-state index is 0.164. The van der Waals surface area contributed by atoms with Crippen molar-refractivity contribution in [3.05, 3.63) is 70.3 Å². The van der Waals surface area contributed by atoms with E-state index in [1.54, 1.807) is 42.5 Å². The molecule has 4 rings (SSSR count). The van der Waals surface area contributed by atoms with Gasteiger partial charge in [0.25, 0.3) is 5.91 Å². The van der Waals surface area contributed by atoms with E-state index in [0.717, 1.165) is 19.3 Å². The van der Waals surface area contributed by atoms with Gasteiger partial charge < -0.3 is 5.32 Å². The van der Waals surface area contributed by atoms with Crippen molar-refractivity contribution < 1.29 is 14.4 Å². The van der Waals surface area contributed by atoms with Crippen molar-refractivity contribution in [1.82, 2.24) is 5.32 Å². The second-order valence-electron chi connectivity index (χ2n) is 7.31. The maximum Gasteiger partial charge on any atom is 0.251 e. The van der Waals surface area contributed by atoms with Crippen LogP contribution in [0.1, 0.15) is 74.8 Å². The van der Waals surface area contributed by atoms with Crippen LogP contribution in [-0.4, -0.2) is 23.5 Å². The van der Waals surface area contributed by atoms with Gasteiger partial charge in [0, 0.05) is 33.9 Å². The average Bonchev–Trinajstić information content (AvgIpc) is 2.67. The normalized spacial score (nSPS) is 21.7. The van der Waals surface area contributed by atoms with E-state index >= 15 is 0 Å². The number of rotatable bonds is 2. The maximum absolute atomic E-state index is 12.8. The van der Waals surface area contributed by atoms with E-state index in [0.29, 0.717) is 33.7 Å². The third kappa shape index (κ3) is 2.75. The summed E-state index contributed by atoms with van der Waals surface area (Å²) in [6.45, 7) is 2.16. The van der Waals surface area contributed by atoms with Crippen LogP contribution in [0.2, 0.25) is 0 Å². The quantitative estimate of drug-likeness (QED) is 0.767. The largest absolute Gasteiger partial charge is 0.349 e. The Morgan fingerprint density at radius 3 is 2.19 bits per heavy atom. The summed E-state index contributed by atoms with van der Waals surface area (Å²) in [6, 6.07) is 11.8. The molecule has 2 aromatic carbocycles. The molecule has 1 saturated carbocycles. The number of ketones is 2. The highest BCUT2D eigenvalue weighted by atomic mass is 16.2. The molecule has 2 aliphatic carbocycles. The fourth-order valence-electron chi connectivity index (χ4n) is 4.02. The van der Waals surface area contributed by atoms with Gasteiger partial charge >= 0.3 is 0 Å². The lowest BCUT2D eigenvalue weighted by molar-refractivity contribution is 0.0909. The Bertz CT molecular complexity index is 915. The molecule has 1 amide bonds. The van der Waals surface area contributed by atoms with Crippen LogP contribution in [-0.2, 0) is 0 Å². The van der Waals surface area contributed by atoms with Gasteiger partial charge in [-0.15, -0.1) is 0 Å². The molecule has 0 bridgehead atoms. The highest BCUT2D eigenvalue weighted by Gasteiger charge is 2.30. The lowest BCUT2D eigenvalue weighted by Crippen LogP contribution is -2.41. The molecule has 2 aliphatic rings. The predicted octanol–water partition coefficient (Wildman–Crippen LogP) is 3.77. The van der Waals surface area contributed by atoms with Crippen LogP contribution in [0.25, 0.3) is 0 Å². The third-order valence-corrected chi connectivity index (χ3v) is 5.62. The van der Waals surface area contributed by atoms with Gasteiger partial charge in [0.05, 0.1) is 0 Å². The summed E-state index contributed by atoms with van der Waals surface area (Å²) in [4.78, 5) is 38.1. The van der Waals surface area contributed by atoms with E-state index < -0.39 is 0 Å². The fraction of sp³-hybridized carbons (Fsp3) is 0.318. The van der Waals surface area contributed by atoms with Gasteiger partial charge in [0.15, 0.2) is 11.6 Å². The maximum atomic E-state index is 12.8. The van der Waals surface area contributed by atoms with Crippen LogP contribution in [0.5, 0.6) is 0 Å². The number of amides is 1. The van der Waals surface area contributed by atoms with E-state index in [2.05, 4.69) is 12.2 Å². The highest BCUT2D eigenvalue weighted by Crippen LogP contribution is 2.28. The summed E-state index contributed by atoms with van der Waals surface area (Å²) in [7, 11) is 0. The number of fused-ring (bicyclic) bond motifs is 2. The van der Waals surface area contributed by atoms with Crippen molar-refractivity contribution >= 4 is 17.5 Å². The summed E-state index contributed by atoms with van der Waals surface area (Å²) in [5, 5.41) is 3.10. The highest BCUT2D eigenvalue weighted by molar-refractivity contribution is 6.28. The molecule has 0 saturated heterocycles. The zero-order valence-electron chi connectivity index (χ0n) is 14.7. The number of hydrogen-bond acceptors (Lipinski definition) is 3. The molecular weight excluding hydrogens is 326 g/mol. The second-order valence-corrected chi connectivity index (χ2v) is 7.31. The zero-order valence-corrected chi connectivity index (χ0v) is 14.7. The fourth-order valence-corrected chi connectivity index (χ4v) is 4.02. The van der Waals surface area contributed by atoms with Crippen molar-refractivity contribution in [2.45, 2.75) is 38.6 Å². The van der Waals surface area contributed by atoms with E-state index in [1.807, 2.05) is 0 Å². The van der Waals surface area contributed by atoms with Crippen molar-refractivity contribution in [3.8, 4) is 0 Å². The summed E-state index contributed by atoms with van der Waals surface area (Å²) in [6.07, 6.45) is 4.45. The Kier molecular flexibility index (Phi) is 4.19. The monoisotopic (exact) mass is 347 g/mol. The van der Waals surface area contributed by atoms with Gasteiger partial charge in [-0.3, -0.25) is 14.4 Å². The van der Waals surface area contributed by atoms with Crippen LogP contribution in [0.4, 0.5) is 0 Å². The lowest BCUT2D eigenvalue weighted by Gasteiger charge is -2.29. The minimum Gasteiger partial charge on any atom is -0.349 e. The molecule has 0 spiro atoms. The van der Waals surface area contributed by atoms with Crippen LogP contribution in [0.3, 0.4) is 0 Å². The molecule has 2 atom stereocenters. The van der Waals surface area contributed by atoms with Crippen LogP contribution in [0.15, 0.2) is 42.5 Å². The molecule has 4 nitrogen and oxygen atoms in total. The van der Waals surface area contributed by atoms with Gasteiger partial charge in [-0.2, -0.15) is 0 Å². The first-order valence-electron chi connectivity index (χ1n) is 9.19. The first-order valence-corrected chi connectivity index (χ1v) is 9.19. The molecule has 0 heterocycles. The van der Waals surface area contributed by atoms with Gasteiger partial charge in [-0.05, 0) is 37.0 Å². The van der Waals surface area contributed by atoms with Crippen LogP contribution >= 0.6 is 0 Å². The molecule has 132 valence electrons. The van der Waals surface area contributed by atoms with Crippen LogP contribution in [0, 0.1) is 5.92 Å². The Morgan fingerprint density at radius 2 is 1.50 bits per heavy atom. The molecule has 0 aliphatic heterocycles. The summed E-state index contributed by atoms with van der Waals surface area (Å²) >= 11 is 0. The van der Waals surface area contributed by atoms with Gasteiger partial charge in [-0.25, -0.2) is 0 Å². The summed E-state index contributed by atoms with van der Waals surface area (Å²) in [5.74, 6) is -0.0787. The predicted molar refractivity (Wildman–Crippen MR) is 98.6 cm³/mol. The summed E-state index contributed by atoms with van der Waals surface area (Å²) in [5.41, 5.74) is 1.96. The lowest BCUT2D eigenvalue weighted by atomic mass is 9.83. The Labute approximate surface area is 152 Å². The Hall–Kier alpha value is -2.75. The Balaban J connectivity index is 1.64. The first kappa shape index (κ1) is 16.7. The smallest absolute Gasteiger partial charge is 0.251 e. The van der Waals surface area contributed by atoms with Gasteiger partial charge in [-0.1, -0.05) is 44.0 Å². The molecule has 2 aromatic rings. The SMILES string of the molecule is CC1CCCCC1NC(=O)c1ccc2c(c1)C(=O)c1ccccc1C2=O. The minimum atomic E-state index is -0.198. The molecule has 2 unspecified atom stereocenters. The van der Waals surface area contributed by atoms with Gasteiger partial charge in [0.1, 0.15) is 0 Å². The van der Waals surface area contributed by atoms with E-state index in [4.69, 9.17) is 0 Å². The van der Waals surface area contributed by atoms with E-state index in [9.17, 15) is 14.4 Å². The number of hydrogen-bond donors (Lipinski definition) is 1. The van der Waals surface area contributed by atoms with Crippen molar-refractivity contribution in [2.75, 3.05) is 0 Å². The van der Waals surface area contributed by atoms with Crippen molar-refractivity contribution in [1.29, 1.82) is 0 Å². The van der Waals surface area contributed by atoms with Crippen molar-refractivity contribution in [2.24, 2.45) is 5.92 Å². The number of carbonyl (C=O) groups excluding carboxylic acids is 3. The van der Waals surface area contributed by atoms with Crippen LogP contribution < -0.4 is 5.32 Å². The first-order chi connectivity index (χ1) is 12.6. The standard InChI is InChI=1S/C22H21NO3/c1-13-6-2-5-9-19(13)23-22(26)14-10-11-17-18(12-14)21(25)16-8-4-3-7-15(16)20(17)24/h3-4,7-8,10-13,19H,2,5-6,9H2,1H3,(H,23,26). The average molecular weight is 347 g/mol. The molecule has 0 radical (unpaired) electrons. The topological polar surface area (TPSA) is 63.2 Å². The van der Waals surface area contributed by atoms with E-state index in [1.165, 1.54) is 6.42 Å².